The second-order valence-corrected chi connectivity index (χ2v) is 3.44. The summed E-state index contributed by atoms with van der Waals surface area (Å²) < 4.78 is 41.8. The van der Waals surface area contributed by atoms with Crippen molar-refractivity contribution in [3.63, 3.8) is 0 Å². The third-order valence-electron chi connectivity index (χ3n) is 1.82. The minimum absolute atomic E-state index is 0.262. The van der Waals surface area contributed by atoms with Crippen molar-refractivity contribution in [3.05, 3.63) is 29.1 Å². The average molecular weight is 237 g/mol. The molecule has 0 aromatic carbocycles. The zero-order chi connectivity index (χ0) is 11.5. The van der Waals surface area contributed by atoms with Crippen molar-refractivity contribution in [3.8, 4) is 0 Å². The first-order chi connectivity index (χ1) is 6.95. The lowest BCUT2D eigenvalue weighted by molar-refractivity contribution is -0.141. The molecule has 0 amide bonds. The molecule has 1 rings (SSSR count). The fourth-order valence-electron chi connectivity index (χ4n) is 1.02. The van der Waals surface area contributed by atoms with E-state index in [4.69, 9.17) is 4.18 Å². The summed E-state index contributed by atoms with van der Waals surface area (Å²) in [5.74, 6) is 0. The zero-order valence-electron chi connectivity index (χ0n) is 8.26. The van der Waals surface area contributed by atoms with Crippen molar-refractivity contribution in [2.24, 2.45) is 0 Å². The van der Waals surface area contributed by atoms with Crippen LogP contribution in [0.1, 0.15) is 17.0 Å². The summed E-state index contributed by atoms with van der Waals surface area (Å²) in [4.78, 5) is 3.48. The van der Waals surface area contributed by atoms with Crippen molar-refractivity contribution in [2.75, 3.05) is 6.26 Å². The Balaban J connectivity index is 2.88. The van der Waals surface area contributed by atoms with Crippen LogP contribution >= 0.6 is 12.0 Å². The van der Waals surface area contributed by atoms with Gasteiger partial charge in [0.1, 0.15) is 5.69 Å². The van der Waals surface area contributed by atoms with Gasteiger partial charge in [-0.25, -0.2) is 4.98 Å². The fourth-order valence-corrected chi connectivity index (χ4v) is 1.27. The minimum Gasteiger partial charge on any atom is -0.311 e. The number of aromatic nitrogens is 1. The Kier molecular flexibility index (Phi) is 3.98. The first-order valence-electron chi connectivity index (χ1n) is 4.14. The van der Waals surface area contributed by atoms with E-state index in [1.165, 1.54) is 13.0 Å². The molecule has 0 saturated carbocycles. The van der Waals surface area contributed by atoms with Gasteiger partial charge in [0.05, 0.1) is 6.61 Å². The first-order valence-corrected chi connectivity index (χ1v) is 5.29. The number of alkyl halides is 3. The van der Waals surface area contributed by atoms with E-state index >= 15 is 0 Å². The maximum Gasteiger partial charge on any atom is 0.433 e. The lowest BCUT2D eigenvalue weighted by Gasteiger charge is -2.09. The van der Waals surface area contributed by atoms with Crippen molar-refractivity contribution in [1.29, 1.82) is 0 Å². The first kappa shape index (κ1) is 12.3. The maximum atomic E-state index is 12.3. The average Bonchev–Trinajstić information content (AvgIpc) is 2.14. The molecule has 1 aromatic rings. The van der Waals surface area contributed by atoms with Crippen LogP contribution in [0.3, 0.4) is 0 Å². The highest BCUT2D eigenvalue weighted by Gasteiger charge is 2.32. The van der Waals surface area contributed by atoms with Gasteiger partial charge in [-0.2, -0.15) is 13.2 Å². The van der Waals surface area contributed by atoms with E-state index in [1.54, 1.807) is 6.26 Å². The van der Waals surface area contributed by atoms with E-state index in [1.807, 2.05) is 0 Å². The van der Waals surface area contributed by atoms with Gasteiger partial charge in [-0.15, -0.1) is 0 Å². The molecule has 1 heterocycles. The van der Waals surface area contributed by atoms with Gasteiger partial charge >= 0.3 is 6.18 Å². The Labute approximate surface area is 90.1 Å². The van der Waals surface area contributed by atoms with E-state index in [0.717, 1.165) is 18.1 Å². The van der Waals surface area contributed by atoms with E-state index in [9.17, 15) is 13.2 Å². The quantitative estimate of drug-likeness (QED) is 0.754. The summed E-state index contributed by atoms with van der Waals surface area (Å²) in [5.41, 5.74) is 0.143. The van der Waals surface area contributed by atoms with Crippen LogP contribution in [0.5, 0.6) is 0 Å². The van der Waals surface area contributed by atoms with Gasteiger partial charge in [-0.05, 0) is 25.0 Å². The molecule has 0 fully saturated rings. The van der Waals surface area contributed by atoms with E-state index < -0.39 is 11.9 Å². The van der Waals surface area contributed by atoms with Crippen LogP contribution in [0.4, 0.5) is 13.2 Å². The van der Waals surface area contributed by atoms with Crippen molar-refractivity contribution < 1.29 is 17.4 Å². The molecule has 6 heteroatoms. The molecule has 1 aromatic heterocycles. The SMILES string of the molecule is CSOCc1ccc(C(F)(F)F)nc1C. The molecule has 0 N–H and O–H groups in total. The molecule has 15 heavy (non-hydrogen) atoms. The van der Waals surface area contributed by atoms with Gasteiger partial charge in [0.2, 0.25) is 0 Å². The fraction of sp³-hybridized carbons (Fsp3) is 0.444. The Morgan fingerprint density at radius 2 is 2.07 bits per heavy atom. The molecule has 0 radical (unpaired) electrons. The van der Waals surface area contributed by atoms with Crippen molar-refractivity contribution >= 4 is 12.0 Å². The number of nitrogens with zero attached hydrogens (tertiary/aromatic N) is 1. The Morgan fingerprint density at radius 1 is 1.40 bits per heavy atom. The summed E-state index contributed by atoms with van der Waals surface area (Å²) in [6.07, 6.45) is -2.64. The Morgan fingerprint density at radius 3 is 2.53 bits per heavy atom. The van der Waals surface area contributed by atoms with Gasteiger partial charge in [0.15, 0.2) is 0 Å². The molecule has 0 spiro atoms. The molecular formula is C9H10F3NOS. The number of pyridine rings is 1. The van der Waals surface area contributed by atoms with Crippen molar-refractivity contribution in [2.45, 2.75) is 19.7 Å². The smallest absolute Gasteiger partial charge is 0.311 e. The lowest BCUT2D eigenvalue weighted by Crippen LogP contribution is -2.09. The highest BCUT2D eigenvalue weighted by Crippen LogP contribution is 2.28. The van der Waals surface area contributed by atoms with Crippen LogP contribution in [-0.4, -0.2) is 11.2 Å². The van der Waals surface area contributed by atoms with Crippen LogP contribution in [0.25, 0.3) is 0 Å². The van der Waals surface area contributed by atoms with E-state index in [2.05, 4.69) is 4.98 Å². The summed E-state index contributed by atoms with van der Waals surface area (Å²) >= 11 is 1.16. The number of aryl methyl sites for hydroxylation is 1. The molecule has 0 aliphatic heterocycles. The summed E-state index contributed by atoms with van der Waals surface area (Å²) in [7, 11) is 0. The van der Waals surface area contributed by atoms with Gasteiger partial charge in [-0.1, -0.05) is 6.07 Å². The molecule has 0 unspecified atom stereocenters. The summed E-state index contributed by atoms with van der Waals surface area (Å²) in [5, 5.41) is 0. The number of hydrogen-bond donors (Lipinski definition) is 0. The third kappa shape index (κ3) is 3.39. The lowest BCUT2D eigenvalue weighted by atomic mass is 10.2. The highest BCUT2D eigenvalue weighted by atomic mass is 32.2. The van der Waals surface area contributed by atoms with Crippen LogP contribution in [0.15, 0.2) is 12.1 Å². The molecule has 2 nitrogen and oxygen atoms in total. The molecule has 0 atom stereocenters. The summed E-state index contributed by atoms with van der Waals surface area (Å²) in [6, 6.07) is 2.35. The van der Waals surface area contributed by atoms with Gasteiger partial charge in [0.25, 0.3) is 0 Å². The van der Waals surface area contributed by atoms with Crippen LogP contribution in [0, 0.1) is 6.92 Å². The standard InChI is InChI=1S/C9H10F3NOS/c1-6-7(5-14-15-2)3-4-8(13-6)9(10,11)12/h3-4H,5H2,1-2H3. The minimum atomic E-state index is -4.39. The highest BCUT2D eigenvalue weighted by molar-refractivity contribution is 7.93. The predicted molar refractivity (Wildman–Crippen MR) is 52.3 cm³/mol. The van der Waals surface area contributed by atoms with Crippen LogP contribution in [0.2, 0.25) is 0 Å². The van der Waals surface area contributed by atoms with Crippen LogP contribution < -0.4 is 0 Å². The Hall–Kier alpha value is -0.750. The largest absolute Gasteiger partial charge is 0.433 e. The molecule has 0 bridgehead atoms. The molecule has 0 saturated heterocycles. The summed E-state index contributed by atoms with van der Waals surface area (Å²) in [6.45, 7) is 1.80. The number of rotatable bonds is 3. The van der Waals surface area contributed by atoms with Gasteiger partial charge in [-0.3, -0.25) is 0 Å². The molecule has 0 aliphatic rings. The molecular weight excluding hydrogens is 227 g/mol. The molecule has 84 valence electrons. The van der Waals surface area contributed by atoms with Crippen molar-refractivity contribution in [1.82, 2.24) is 4.98 Å². The second-order valence-electron chi connectivity index (χ2n) is 2.87. The molecule has 0 aliphatic carbocycles. The van der Waals surface area contributed by atoms with E-state index in [-0.39, 0.29) is 6.61 Å². The normalized spacial score (nSPS) is 11.8. The monoisotopic (exact) mass is 237 g/mol. The number of hydrogen-bond acceptors (Lipinski definition) is 3. The van der Waals surface area contributed by atoms with Gasteiger partial charge in [0, 0.05) is 17.5 Å². The zero-order valence-corrected chi connectivity index (χ0v) is 9.08. The number of halogens is 3. The van der Waals surface area contributed by atoms with Gasteiger partial charge < -0.3 is 4.18 Å². The Bertz CT molecular complexity index is 341. The topological polar surface area (TPSA) is 22.1 Å². The predicted octanol–water partition coefficient (Wildman–Crippen LogP) is 3.20. The third-order valence-corrected chi connectivity index (χ3v) is 2.17. The van der Waals surface area contributed by atoms with E-state index in [0.29, 0.717) is 11.3 Å². The second kappa shape index (κ2) is 4.85. The van der Waals surface area contributed by atoms with Crippen LogP contribution in [-0.2, 0) is 17.0 Å². The maximum absolute atomic E-state index is 12.3.